The Balaban J connectivity index is 1.80. The predicted molar refractivity (Wildman–Crippen MR) is 79.4 cm³/mol. The number of ether oxygens (including phenoxy) is 2. The molecule has 0 atom stereocenters. The Morgan fingerprint density at radius 1 is 0.952 bits per heavy atom. The van der Waals surface area contributed by atoms with E-state index in [0.29, 0.717) is 30.9 Å². The van der Waals surface area contributed by atoms with E-state index in [1.807, 2.05) is 24.3 Å². The van der Waals surface area contributed by atoms with Crippen LogP contribution in [0.25, 0.3) is 0 Å². The third-order valence-electron chi connectivity index (χ3n) is 2.95. The highest BCUT2D eigenvalue weighted by Crippen LogP contribution is 2.18. The Kier molecular flexibility index (Phi) is 5.62. The van der Waals surface area contributed by atoms with E-state index in [0.717, 1.165) is 11.3 Å². The molecule has 0 unspecified atom stereocenters. The van der Waals surface area contributed by atoms with Gasteiger partial charge in [0.1, 0.15) is 24.7 Å². The first kappa shape index (κ1) is 14.9. The SMILES string of the molecule is N#Cc1ccc(OCCOc2ccccc2CCO)cc1. The van der Waals surface area contributed by atoms with Gasteiger partial charge in [-0.15, -0.1) is 0 Å². The lowest BCUT2D eigenvalue weighted by Crippen LogP contribution is -2.10. The fourth-order valence-corrected chi connectivity index (χ4v) is 1.91. The molecule has 0 aliphatic heterocycles. The fraction of sp³-hybridized carbons (Fsp3) is 0.235. The molecule has 0 saturated heterocycles. The molecule has 0 aromatic heterocycles. The average molecular weight is 283 g/mol. The Bertz CT molecular complexity index is 602. The van der Waals surface area contributed by atoms with Gasteiger partial charge in [-0.2, -0.15) is 5.26 Å². The van der Waals surface area contributed by atoms with Crippen LogP contribution in [0.15, 0.2) is 48.5 Å². The van der Waals surface area contributed by atoms with E-state index in [9.17, 15) is 0 Å². The third kappa shape index (κ3) is 4.51. The standard InChI is InChI=1S/C17H17NO3/c18-13-14-5-7-16(8-6-14)20-11-12-21-17-4-2-1-3-15(17)9-10-19/h1-8,19H,9-12H2. The van der Waals surface area contributed by atoms with Crippen LogP contribution in [0.1, 0.15) is 11.1 Å². The number of para-hydroxylation sites is 1. The van der Waals surface area contributed by atoms with Gasteiger partial charge in [-0.05, 0) is 42.3 Å². The number of aliphatic hydroxyl groups is 1. The topological polar surface area (TPSA) is 62.5 Å². The second kappa shape index (κ2) is 7.93. The van der Waals surface area contributed by atoms with Crippen molar-refractivity contribution >= 4 is 0 Å². The van der Waals surface area contributed by atoms with E-state index in [4.69, 9.17) is 19.8 Å². The molecule has 4 heteroatoms. The second-order valence-electron chi connectivity index (χ2n) is 4.41. The summed E-state index contributed by atoms with van der Waals surface area (Å²) in [5.74, 6) is 1.48. The molecule has 0 spiro atoms. The molecule has 0 radical (unpaired) electrons. The normalized spacial score (nSPS) is 9.90. The van der Waals surface area contributed by atoms with Gasteiger partial charge in [0.05, 0.1) is 11.6 Å². The zero-order valence-corrected chi connectivity index (χ0v) is 11.7. The molecule has 1 N–H and O–H groups in total. The molecule has 0 fully saturated rings. The number of aliphatic hydroxyl groups excluding tert-OH is 1. The van der Waals surface area contributed by atoms with Crippen molar-refractivity contribution in [2.24, 2.45) is 0 Å². The first-order valence-corrected chi connectivity index (χ1v) is 6.78. The Morgan fingerprint density at radius 3 is 2.38 bits per heavy atom. The van der Waals surface area contributed by atoms with Crippen LogP contribution in [0.4, 0.5) is 0 Å². The maximum absolute atomic E-state index is 9.00. The lowest BCUT2D eigenvalue weighted by atomic mass is 10.1. The minimum absolute atomic E-state index is 0.0993. The number of benzene rings is 2. The highest BCUT2D eigenvalue weighted by Gasteiger charge is 2.02. The molecule has 21 heavy (non-hydrogen) atoms. The lowest BCUT2D eigenvalue weighted by molar-refractivity contribution is 0.214. The van der Waals surface area contributed by atoms with Crippen LogP contribution < -0.4 is 9.47 Å². The maximum Gasteiger partial charge on any atom is 0.122 e. The Morgan fingerprint density at radius 2 is 1.67 bits per heavy atom. The smallest absolute Gasteiger partial charge is 0.122 e. The van der Waals surface area contributed by atoms with Crippen molar-refractivity contribution < 1.29 is 14.6 Å². The summed E-state index contributed by atoms with van der Waals surface area (Å²) >= 11 is 0. The van der Waals surface area contributed by atoms with Crippen LogP contribution in [-0.4, -0.2) is 24.9 Å². The van der Waals surface area contributed by atoms with E-state index in [1.54, 1.807) is 24.3 Å². The van der Waals surface area contributed by atoms with Gasteiger partial charge in [0, 0.05) is 6.61 Å². The Labute approximate surface area is 124 Å². The van der Waals surface area contributed by atoms with Crippen molar-refractivity contribution in [1.82, 2.24) is 0 Å². The molecule has 0 aliphatic carbocycles. The molecule has 2 rings (SSSR count). The van der Waals surface area contributed by atoms with Crippen molar-refractivity contribution in [3.05, 3.63) is 59.7 Å². The van der Waals surface area contributed by atoms with Crippen LogP contribution in [0.2, 0.25) is 0 Å². The van der Waals surface area contributed by atoms with Crippen LogP contribution in [0, 0.1) is 11.3 Å². The number of nitrogens with zero attached hydrogens (tertiary/aromatic N) is 1. The number of hydrogen-bond donors (Lipinski definition) is 1. The summed E-state index contributed by atoms with van der Waals surface area (Å²) < 4.78 is 11.2. The van der Waals surface area contributed by atoms with E-state index >= 15 is 0 Å². The van der Waals surface area contributed by atoms with Gasteiger partial charge in [0.15, 0.2) is 0 Å². The summed E-state index contributed by atoms with van der Waals surface area (Å²) in [6.45, 7) is 0.934. The van der Waals surface area contributed by atoms with Gasteiger partial charge >= 0.3 is 0 Å². The number of hydrogen-bond acceptors (Lipinski definition) is 4. The summed E-state index contributed by atoms with van der Waals surface area (Å²) in [7, 11) is 0. The molecule has 108 valence electrons. The molecule has 2 aromatic rings. The minimum atomic E-state index is 0.0993. The van der Waals surface area contributed by atoms with Crippen LogP contribution in [0.5, 0.6) is 11.5 Å². The van der Waals surface area contributed by atoms with Crippen LogP contribution in [0.3, 0.4) is 0 Å². The molecule has 0 bridgehead atoms. The summed E-state index contributed by atoms with van der Waals surface area (Å²) in [6.07, 6.45) is 0.576. The monoisotopic (exact) mass is 283 g/mol. The van der Waals surface area contributed by atoms with Crippen LogP contribution in [-0.2, 0) is 6.42 Å². The molecule has 2 aromatic carbocycles. The highest BCUT2D eigenvalue weighted by atomic mass is 16.5. The zero-order chi connectivity index (χ0) is 14.9. The van der Waals surface area contributed by atoms with Crippen molar-refractivity contribution in [1.29, 1.82) is 5.26 Å². The molecule has 0 heterocycles. The summed E-state index contributed by atoms with van der Waals surface area (Å²) in [5, 5.41) is 17.7. The van der Waals surface area contributed by atoms with Gasteiger partial charge in [0.25, 0.3) is 0 Å². The summed E-state index contributed by atoms with van der Waals surface area (Å²) in [5.41, 5.74) is 1.59. The largest absolute Gasteiger partial charge is 0.490 e. The molecule has 0 aliphatic rings. The molecule has 0 amide bonds. The van der Waals surface area contributed by atoms with Gasteiger partial charge in [-0.1, -0.05) is 18.2 Å². The first-order valence-electron chi connectivity index (χ1n) is 6.78. The predicted octanol–water partition coefficient (Wildman–Crippen LogP) is 2.55. The Hall–Kier alpha value is -2.51. The van der Waals surface area contributed by atoms with Gasteiger partial charge in [-0.25, -0.2) is 0 Å². The number of rotatable bonds is 7. The zero-order valence-electron chi connectivity index (χ0n) is 11.7. The van der Waals surface area contributed by atoms with E-state index in [1.165, 1.54) is 0 Å². The van der Waals surface area contributed by atoms with E-state index < -0.39 is 0 Å². The van der Waals surface area contributed by atoms with E-state index in [-0.39, 0.29) is 6.61 Å². The quantitative estimate of drug-likeness (QED) is 0.793. The summed E-state index contributed by atoms with van der Waals surface area (Å²) in [6, 6.07) is 16.7. The van der Waals surface area contributed by atoms with Crippen molar-refractivity contribution in [2.75, 3.05) is 19.8 Å². The van der Waals surface area contributed by atoms with Gasteiger partial charge in [0.2, 0.25) is 0 Å². The third-order valence-corrected chi connectivity index (χ3v) is 2.95. The lowest BCUT2D eigenvalue weighted by Gasteiger charge is -2.11. The molecular formula is C17H17NO3. The number of nitriles is 1. The van der Waals surface area contributed by atoms with E-state index in [2.05, 4.69) is 6.07 Å². The first-order chi connectivity index (χ1) is 10.3. The molecule has 4 nitrogen and oxygen atoms in total. The van der Waals surface area contributed by atoms with Crippen LogP contribution >= 0.6 is 0 Å². The fourth-order valence-electron chi connectivity index (χ4n) is 1.91. The highest BCUT2D eigenvalue weighted by molar-refractivity contribution is 5.35. The van der Waals surface area contributed by atoms with Gasteiger partial charge in [-0.3, -0.25) is 0 Å². The molecule has 0 saturated carbocycles. The van der Waals surface area contributed by atoms with Crippen molar-refractivity contribution in [3.8, 4) is 17.6 Å². The van der Waals surface area contributed by atoms with Gasteiger partial charge < -0.3 is 14.6 Å². The second-order valence-corrected chi connectivity index (χ2v) is 4.41. The average Bonchev–Trinajstić information content (AvgIpc) is 2.54. The molecular weight excluding hydrogens is 266 g/mol. The van der Waals surface area contributed by atoms with Crippen molar-refractivity contribution in [3.63, 3.8) is 0 Å². The summed E-state index contributed by atoms with van der Waals surface area (Å²) in [4.78, 5) is 0. The minimum Gasteiger partial charge on any atom is -0.490 e. The van der Waals surface area contributed by atoms with Crippen molar-refractivity contribution in [2.45, 2.75) is 6.42 Å². The maximum atomic E-state index is 9.00.